The van der Waals surface area contributed by atoms with E-state index in [1.165, 1.54) is 11.1 Å². The van der Waals surface area contributed by atoms with Crippen LogP contribution in [0.3, 0.4) is 0 Å². The van der Waals surface area contributed by atoms with E-state index >= 15 is 0 Å². The molecule has 0 saturated carbocycles. The van der Waals surface area contributed by atoms with Gasteiger partial charge in [0.05, 0.1) is 0 Å². The van der Waals surface area contributed by atoms with Crippen molar-refractivity contribution in [1.82, 2.24) is 19.8 Å². The highest BCUT2D eigenvalue weighted by molar-refractivity contribution is 5.93. The third-order valence-electron chi connectivity index (χ3n) is 4.85. The zero-order valence-corrected chi connectivity index (χ0v) is 16.2. The molecule has 2 aromatic rings. The first-order valence-corrected chi connectivity index (χ1v) is 9.08. The first-order valence-electron chi connectivity index (χ1n) is 9.08. The van der Waals surface area contributed by atoms with Crippen LogP contribution in [0.25, 0.3) is 0 Å². The predicted octanol–water partition coefficient (Wildman–Crippen LogP) is 2.45. The second-order valence-corrected chi connectivity index (χ2v) is 6.94. The summed E-state index contributed by atoms with van der Waals surface area (Å²) in [7, 11) is 0. The van der Waals surface area contributed by atoms with Gasteiger partial charge in [-0.3, -0.25) is 9.59 Å². The molecule has 0 atom stereocenters. The van der Waals surface area contributed by atoms with Gasteiger partial charge in [0.1, 0.15) is 5.69 Å². The summed E-state index contributed by atoms with van der Waals surface area (Å²) >= 11 is 0. The number of nitrogens with one attached hydrogen (secondary N) is 1. The van der Waals surface area contributed by atoms with Crippen LogP contribution in [0.5, 0.6) is 0 Å². The number of carbonyl (C=O) groups is 2. The Morgan fingerprint density at radius 3 is 2.22 bits per heavy atom. The molecule has 1 aliphatic heterocycles. The van der Waals surface area contributed by atoms with Gasteiger partial charge in [0.25, 0.3) is 5.91 Å². The third kappa shape index (κ3) is 4.42. The normalized spacial score (nSPS) is 14.2. The highest BCUT2D eigenvalue weighted by Gasteiger charge is 2.24. The van der Waals surface area contributed by atoms with E-state index in [2.05, 4.69) is 22.2 Å². The Balaban J connectivity index is 1.75. The first-order chi connectivity index (χ1) is 12.8. The van der Waals surface area contributed by atoms with E-state index in [1.54, 1.807) is 22.8 Å². The highest BCUT2D eigenvalue weighted by Crippen LogP contribution is 2.18. The summed E-state index contributed by atoms with van der Waals surface area (Å²) < 4.78 is 0. The van der Waals surface area contributed by atoms with Gasteiger partial charge in [0.2, 0.25) is 11.9 Å². The Hall–Kier alpha value is -2.96. The average Bonchev–Trinajstić information content (AvgIpc) is 2.64. The molecule has 0 bridgehead atoms. The van der Waals surface area contributed by atoms with E-state index in [0.717, 1.165) is 11.4 Å². The Kier molecular flexibility index (Phi) is 5.39. The fourth-order valence-corrected chi connectivity index (χ4v) is 3.07. The monoisotopic (exact) mass is 367 g/mol. The molecule has 1 aliphatic rings. The lowest BCUT2D eigenvalue weighted by atomic mass is 10.1. The lowest BCUT2D eigenvalue weighted by Crippen LogP contribution is -2.50. The summed E-state index contributed by atoms with van der Waals surface area (Å²) in [5.74, 6) is 0.315. The molecule has 1 fully saturated rings. The van der Waals surface area contributed by atoms with Gasteiger partial charge in [-0.25, -0.2) is 9.97 Å². The smallest absolute Gasteiger partial charge is 0.272 e. The summed E-state index contributed by atoms with van der Waals surface area (Å²) in [5, 5.41) is 3.19. The van der Waals surface area contributed by atoms with Crippen molar-refractivity contribution in [2.24, 2.45) is 0 Å². The van der Waals surface area contributed by atoms with E-state index in [-0.39, 0.29) is 11.8 Å². The van der Waals surface area contributed by atoms with Crippen molar-refractivity contribution in [1.29, 1.82) is 0 Å². The minimum absolute atomic E-state index is 0.0415. The van der Waals surface area contributed by atoms with Crippen molar-refractivity contribution < 1.29 is 9.59 Å². The van der Waals surface area contributed by atoms with Crippen molar-refractivity contribution in [3.63, 3.8) is 0 Å². The van der Waals surface area contributed by atoms with Gasteiger partial charge in [-0.15, -0.1) is 0 Å². The van der Waals surface area contributed by atoms with Gasteiger partial charge < -0.3 is 15.1 Å². The van der Waals surface area contributed by atoms with Crippen molar-refractivity contribution in [2.75, 3.05) is 31.5 Å². The van der Waals surface area contributed by atoms with Crippen LogP contribution in [0.15, 0.2) is 24.3 Å². The van der Waals surface area contributed by atoms with E-state index in [9.17, 15) is 9.59 Å². The largest absolute Gasteiger partial charge is 0.339 e. The predicted molar refractivity (Wildman–Crippen MR) is 104 cm³/mol. The maximum atomic E-state index is 12.8. The van der Waals surface area contributed by atoms with Gasteiger partial charge >= 0.3 is 0 Å². The molecule has 142 valence electrons. The fourth-order valence-electron chi connectivity index (χ4n) is 3.07. The molecule has 2 heterocycles. The Morgan fingerprint density at radius 2 is 1.59 bits per heavy atom. The number of amides is 2. The summed E-state index contributed by atoms with van der Waals surface area (Å²) in [6, 6.07) is 7.74. The van der Waals surface area contributed by atoms with Crippen molar-refractivity contribution >= 4 is 23.5 Å². The number of rotatable bonds is 3. The van der Waals surface area contributed by atoms with E-state index in [0.29, 0.717) is 37.8 Å². The zero-order chi connectivity index (χ0) is 19.6. The summed E-state index contributed by atoms with van der Waals surface area (Å²) in [5.41, 5.74) is 4.36. The molecule has 0 radical (unpaired) electrons. The number of hydrogen-bond acceptors (Lipinski definition) is 5. The lowest BCUT2D eigenvalue weighted by Gasteiger charge is -2.34. The summed E-state index contributed by atoms with van der Waals surface area (Å²) in [6.07, 6.45) is 0. The van der Waals surface area contributed by atoms with Crippen LogP contribution >= 0.6 is 0 Å². The molecule has 7 nitrogen and oxygen atoms in total. The standard InChI is InChI=1S/C20H25N5O2/c1-13-5-6-17(11-14(13)2)22-20-21-15(3)12-18(23-20)19(27)25-9-7-24(8-10-25)16(4)26/h5-6,11-12H,7-10H2,1-4H3,(H,21,22,23). The number of aryl methyl sites for hydroxylation is 3. The molecule has 1 aromatic carbocycles. The lowest BCUT2D eigenvalue weighted by molar-refractivity contribution is -0.130. The topological polar surface area (TPSA) is 78.4 Å². The summed E-state index contributed by atoms with van der Waals surface area (Å²) in [4.78, 5) is 36.6. The Morgan fingerprint density at radius 1 is 0.926 bits per heavy atom. The van der Waals surface area contributed by atoms with Crippen LogP contribution in [0, 0.1) is 20.8 Å². The van der Waals surface area contributed by atoms with Crippen molar-refractivity contribution in [3.8, 4) is 0 Å². The molecule has 0 spiro atoms. The Labute approximate surface area is 159 Å². The minimum Gasteiger partial charge on any atom is -0.339 e. The van der Waals surface area contributed by atoms with Crippen LogP contribution in [0.1, 0.15) is 34.2 Å². The second kappa shape index (κ2) is 7.73. The van der Waals surface area contributed by atoms with Crippen LogP contribution < -0.4 is 5.32 Å². The van der Waals surface area contributed by atoms with Gasteiger partial charge in [-0.2, -0.15) is 0 Å². The SMILES string of the molecule is CC(=O)N1CCN(C(=O)c2cc(C)nc(Nc3ccc(C)c(C)c3)n2)CC1. The zero-order valence-electron chi connectivity index (χ0n) is 16.2. The number of carbonyl (C=O) groups excluding carboxylic acids is 2. The number of hydrogen-bond donors (Lipinski definition) is 1. The molecule has 7 heteroatoms. The van der Waals surface area contributed by atoms with Crippen LogP contribution in [0.4, 0.5) is 11.6 Å². The maximum Gasteiger partial charge on any atom is 0.272 e. The number of nitrogens with zero attached hydrogens (tertiary/aromatic N) is 4. The molecule has 0 aliphatic carbocycles. The minimum atomic E-state index is -0.133. The van der Waals surface area contributed by atoms with E-state index < -0.39 is 0 Å². The maximum absolute atomic E-state index is 12.8. The fraction of sp³-hybridized carbons (Fsp3) is 0.400. The van der Waals surface area contributed by atoms with E-state index in [1.807, 2.05) is 32.0 Å². The van der Waals surface area contributed by atoms with Gasteiger partial charge in [-0.05, 0) is 50.1 Å². The number of aromatic nitrogens is 2. The van der Waals surface area contributed by atoms with Gasteiger partial charge in [0, 0.05) is 44.5 Å². The molecule has 1 N–H and O–H groups in total. The molecule has 27 heavy (non-hydrogen) atoms. The van der Waals surface area contributed by atoms with Crippen LogP contribution in [-0.2, 0) is 4.79 Å². The molecule has 1 saturated heterocycles. The molecule has 1 aromatic heterocycles. The molecule has 2 amide bonds. The molecule has 3 rings (SSSR count). The Bertz CT molecular complexity index is 873. The van der Waals surface area contributed by atoms with Crippen molar-refractivity contribution in [3.05, 3.63) is 46.8 Å². The third-order valence-corrected chi connectivity index (χ3v) is 4.85. The molecular formula is C20H25N5O2. The van der Waals surface area contributed by atoms with Crippen LogP contribution in [0.2, 0.25) is 0 Å². The van der Waals surface area contributed by atoms with Gasteiger partial charge in [0.15, 0.2) is 0 Å². The van der Waals surface area contributed by atoms with Crippen LogP contribution in [-0.4, -0.2) is 57.8 Å². The second-order valence-electron chi connectivity index (χ2n) is 6.94. The van der Waals surface area contributed by atoms with E-state index in [4.69, 9.17) is 0 Å². The average molecular weight is 367 g/mol. The number of piperazine rings is 1. The quantitative estimate of drug-likeness (QED) is 0.902. The van der Waals surface area contributed by atoms with Gasteiger partial charge in [-0.1, -0.05) is 6.07 Å². The number of benzene rings is 1. The summed E-state index contributed by atoms with van der Waals surface area (Å²) in [6.45, 7) is 9.65. The van der Waals surface area contributed by atoms with Crippen molar-refractivity contribution in [2.45, 2.75) is 27.7 Å². The first kappa shape index (κ1) is 18.8. The highest BCUT2D eigenvalue weighted by atomic mass is 16.2. The number of anilines is 2. The molecular weight excluding hydrogens is 342 g/mol. The molecule has 0 unspecified atom stereocenters.